The van der Waals surface area contributed by atoms with Crippen molar-refractivity contribution in [1.82, 2.24) is 5.32 Å². The van der Waals surface area contributed by atoms with Gasteiger partial charge in [0.15, 0.2) is 0 Å². The van der Waals surface area contributed by atoms with Crippen molar-refractivity contribution in [2.45, 2.75) is 29.5 Å². The van der Waals surface area contributed by atoms with Crippen LogP contribution in [0.3, 0.4) is 0 Å². The average molecular weight is 269 g/mol. The highest BCUT2D eigenvalue weighted by atomic mass is 32.2. The predicted molar refractivity (Wildman–Crippen MR) is 76.1 cm³/mol. The summed E-state index contributed by atoms with van der Waals surface area (Å²) in [5.41, 5.74) is 1.42. The van der Waals surface area contributed by atoms with Crippen LogP contribution >= 0.6 is 11.8 Å². The molecule has 0 saturated carbocycles. The molecule has 94 valence electrons. The van der Waals surface area contributed by atoms with Crippen LogP contribution in [-0.2, 0) is 10.8 Å². The van der Waals surface area contributed by atoms with Crippen molar-refractivity contribution in [2.75, 3.05) is 18.6 Å². The monoisotopic (exact) mass is 269 g/mol. The van der Waals surface area contributed by atoms with E-state index < -0.39 is 10.8 Å². The molecular formula is C13H19NOS2. The highest BCUT2D eigenvalue weighted by Crippen LogP contribution is 2.37. The lowest BCUT2D eigenvalue weighted by atomic mass is 10.1. The second-order valence-corrected chi connectivity index (χ2v) is 7.32. The van der Waals surface area contributed by atoms with Gasteiger partial charge in [-0.15, -0.1) is 11.8 Å². The van der Waals surface area contributed by atoms with E-state index in [1.165, 1.54) is 10.5 Å². The Balaban J connectivity index is 1.84. The Labute approximate surface area is 110 Å². The molecule has 4 heteroatoms. The summed E-state index contributed by atoms with van der Waals surface area (Å²) in [6, 6.07) is 9.05. The zero-order chi connectivity index (χ0) is 12.3. The molecule has 2 nitrogen and oxygen atoms in total. The Morgan fingerprint density at radius 1 is 1.53 bits per heavy atom. The number of benzene rings is 1. The van der Waals surface area contributed by atoms with Crippen LogP contribution in [-0.4, -0.2) is 28.0 Å². The maximum Gasteiger partial charge on any atom is 0.0426 e. The lowest BCUT2D eigenvalue weighted by Gasteiger charge is -2.14. The maximum absolute atomic E-state index is 11.2. The molecule has 1 aliphatic heterocycles. The van der Waals surface area contributed by atoms with Crippen molar-refractivity contribution in [3.05, 3.63) is 29.8 Å². The number of fused-ring (bicyclic) bond motifs is 1. The minimum Gasteiger partial charge on any atom is -0.309 e. The second kappa shape index (κ2) is 6.03. The standard InChI is InChI=1S/C13H19NOS2/c1-10(17(2)15)7-8-14-12-9-16-13-6-4-3-5-11(12)13/h3-6,10,12,14H,7-9H2,1-2H3. The molecule has 0 spiro atoms. The Morgan fingerprint density at radius 2 is 2.29 bits per heavy atom. The van der Waals surface area contributed by atoms with Gasteiger partial charge in [0, 0.05) is 39.0 Å². The van der Waals surface area contributed by atoms with Gasteiger partial charge in [0.2, 0.25) is 0 Å². The molecule has 1 aliphatic rings. The van der Waals surface area contributed by atoms with Gasteiger partial charge in [0.05, 0.1) is 0 Å². The summed E-state index contributed by atoms with van der Waals surface area (Å²) >= 11 is 1.92. The van der Waals surface area contributed by atoms with E-state index in [0.717, 1.165) is 18.7 Å². The largest absolute Gasteiger partial charge is 0.309 e. The van der Waals surface area contributed by atoms with Crippen LogP contribution in [0.15, 0.2) is 29.2 Å². The summed E-state index contributed by atoms with van der Waals surface area (Å²) < 4.78 is 11.2. The van der Waals surface area contributed by atoms with Crippen molar-refractivity contribution < 1.29 is 4.21 Å². The summed E-state index contributed by atoms with van der Waals surface area (Å²) in [6.07, 6.45) is 2.76. The van der Waals surface area contributed by atoms with Gasteiger partial charge in [0.1, 0.15) is 0 Å². The molecule has 0 aliphatic carbocycles. The number of rotatable bonds is 5. The lowest BCUT2D eigenvalue weighted by molar-refractivity contribution is 0.561. The molecule has 1 N–H and O–H groups in total. The van der Waals surface area contributed by atoms with Gasteiger partial charge in [-0.3, -0.25) is 4.21 Å². The maximum atomic E-state index is 11.2. The fourth-order valence-electron chi connectivity index (χ4n) is 1.96. The van der Waals surface area contributed by atoms with Crippen LogP contribution in [0.1, 0.15) is 24.9 Å². The normalized spacial score (nSPS) is 22.1. The van der Waals surface area contributed by atoms with Crippen molar-refractivity contribution in [3.63, 3.8) is 0 Å². The molecule has 0 bridgehead atoms. The van der Waals surface area contributed by atoms with E-state index in [0.29, 0.717) is 6.04 Å². The number of nitrogens with one attached hydrogen (secondary N) is 1. The van der Waals surface area contributed by atoms with Gasteiger partial charge >= 0.3 is 0 Å². The molecule has 1 aromatic rings. The van der Waals surface area contributed by atoms with Crippen LogP contribution in [0.5, 0.6) is 0 Å². The third-order valence-corrected chi connectivity index (χ3v) is 5.76. The van der Waals surface area contributed by atoms with E-state index in [1.54, 1.807) is 6.26 Å². The Morgan fingerprint density at radius 3 is 3.06 bits per heavy atom. The SMILES string of the molecule is CC(CCNC1CSc2ccccc21)S(C)=O. The molecular weight excluding hydrogens is 250 g/mol. The van der Waals surface area contributed by atoms with Crippen molar-refractivity contribution >= 4 is 22.6 Å². The van der Waals surface area contributed by atoms with Gasteiger partial charge in [0.25, 0.3) is 0 Å². The molecule has 2 rings (SSSR count). The first-order valence-electron chi connectivity index (χ1n) is 5.96. The number of thioether (sulfide) groups is 1. The minimum absolute atomic E-state index is 0.284. The Kier molecular flexibility index (Phi) is 4.65. The molecule has 0 saturated heterocycles. The summed E-state index contributed by atoms with van der Waals surface area (Å²) in [5.74, 6) is 1.11. The first-order valence-corrected chi connectivity index (χ1v) is 8.56. The van der Waals surface area contributed by atoms with Crippen LogP contribution in [0.25, 0.3) is 0 Å². The highest BCUT2D eigenvalue weighted by Gasteiger charge is 2.21. The fourth-order valence-corrected chi connectivity index (χ4v) is 3.60. The molecule has 0 aromatic heterocycles. The van der Waals surface area contributed by atoms with Crippen molar-refractivity contribution in [1.29, 1.82) is 0 Å². The zero-order valence-corrected chi connectivity index (χ0v) is 11.9. The quantitative estimate of drug-likeness (QED) is 0.891. The summed E-state index contributed by atoms with van der Waals surface area (Å²) in [6.45, 7) is 3.00. The summed E-state index contributed by atoms with van der Waals surface area (Å²) in [4.78, 5) is 1.40. The molecule has 0 radical (unpaired) electrons. The molecule has 1 aromatic carbocycles. The van der Waals surface area contributed by atoms with Crippen molar-refractivity contribution in [2.24, 2.45) is 0 Å². The Bertz CT molecular complexity index is 408. The summed E-state index contributed by atoms with van der Waals surface area (Å²) in [5, 5.41) is 3.85. The van der Waals surface area contributed by atoms with E-state index in [4.69, 9.17) is 0 Å². The topological polar surface area (TPSA) is 29.1 Å². The van der Waals surface area contributed by atoms with Gasteiger partial charge in [-0.2, -0.15) is 0 Å². The van der Waals surface area contributed by atoms with Gasteiger partial charge in [-0.1, -0.05) is 25.1 Å². The predicted octanol–water partition coefficient (Wildman–Crippen LogP) is 2.58. The van der Waals surface area contributed by atoms with E-state index >= 15 is 0 Å². The molecule has 17 heavy (non-hydrogen) atoms. The van der Waals surface area contributed by atoms with Gasteiger partial charge in [-0.25, -0.2) is 0 Å². The van der Waals surface area contributed by atoms with Crippen LogP contribution in [0.2, 0.25) is 0 Å². The number of hydrogen-bond donors (Lipinski definition) is 1. The molecule has 0 fully saturated rings. The Hall–Kier alpha value is -0.320. The third kappa shape index (κ3) is 3.33. The highest BCUT2D eigenvalue weighted by molar-refractivity contribution is 7.99. The first-order chi connectivity index (χ1) is 8.18. The molecule has 3 unspecified atom stereocenters. The molecule has 3 atom stereocenters. The smallest absolute Gasteiger partial charge is 0.0426 e. The van der Waals surface area contributed by atoms with Crippen molar-refractivity contribution in [3.8, 4) is 0 Å². The van der Waals surface area contributed by atoms with Crippen LogP contribution in [0.4, 0.5) is 0 Å². The van der Waals surface area contributed by atoms with Gasteiger partial charge in [-0.05, 0) is 24.6 Å². The van der Waals surface area contributed by atoms with E-state index in [2.05, 4.69) is 36.5 Å². The second-order valence-electron chi connectivity index (χ2n) is 4.45. The minimum atomic E-state index is -0.704. The van der Waals surface area contributed by atoms with E-state index in [1.807, 2.05) is 11.8 Å². The molecule has 0 amide bonds. The van der Waals surface area contributed by atoms with Gasteiger partial charge < -0.3 is 5.32 Å². The van der Waals surface area contributed by atoms with Crippen LogP contribution in [0, 0.1) is 0 Å². The first kappa shape index (κ1) is 13.1. The van der Waals surface area contributed by atoms with E-state index in [-0.39, 0.29) is 5.25 Å². The molecule has 1 heterocycles. The average Bonchev–Trinajstić information content (AvgIpc) is 2.72. The fraction of sp³-hybridized carbons (Fsp3) is 0.538. The third-order valence-electron chi connectivity index (χ3n) is 3.21. The van der Waals surface area contributed by atoms with E-state index in [9.17, 15) is 4.21 Å². The number of hydrogen-bond acceptors (Lipinski definition) is 3. The zero-order valence-electron chi connectivity index (χ0n) is 10.3. The summed E-state index contributed by atoms with van der Waals surface area (Å²) in [7, 11) is -0.704. The lowest BCUT2D eigenvalue weighted by Crippen LogP contribution is -2.25. The van der Waals surface area contributed by atoms with Crippen LogP contribution < -0.4 is 5.32 Å².